The Kier molecular flexibility index (Phi) is 3.58. The van der Waals surface area contributed by atoms with E-state index in [4.69, 9.17) is 16.0 Å². The van der Waals surface area contributed by atoms with Gasteiger partial charge >= 0.3 is 5.97 Å². The van der Waals surface area contributed by atoms with Gasteiger partial charge in [0.05, 0.1) is 7.11 Å². The lowest BCUT2D eigenvalue weighted by Crippen LogP contribution is -1.98. The van der Waals surface area contributed by atoms with Crippen LogP contribution in [0.15, 0.2) is 22.6 Å². The molecule has 0 bridgehead atoms. The van der Waals surface area contributed by atoms with Gasteiger partial charge in [0, 0.05) is 5.88 Å². The van der Waals surface area contributed by atoms with Gasteiger partial charge in [0.2, 0.25) is 5.76 Å². The highest BCUT2D eigenvalue weighted by molar-refractivity contribution is 6.19. The summed E-state index contributed by atoms with van der Waals surface area (Å²) in [4.78, 5) is 10.9. The minimum atomic E-state index is -0.481. The van der Waals surface area contributed by atoms with E-state index in [-0.39, 0.29) is 5.76 Å². The average Bonchev–Trinajstić information content (AvgIpc) is 2.62. The topological polar surface area (TPSA) is 39.4 Å². The van der Waals surface area contributed by atoms with E-state index in [1.165, 1.54) is 7.11 Å². The fourth-order valence-electron chi connectivity index (χ4n) is 0.813. The van der Waals surface area contributed by atoms with Crippen LogP contribution in [0.3, 0.4) is 0 Å². The number of halogens is 1. The third-order valence-electron chi connectivity index (χ3n) is 1.38. The Bertz CT molecular complexity index is 314. The Hall–Kier alpha value is -1.22. The van der Waals surface area contributed by atoms with Crippen molar-refractivity contribution in [1.29, 1.82) is 0 Å². The average molecular weight is 201 g/mol. The normalized spacial score (nSPS) is 10.6. The molecule has 0 N–H and O–H groups in total. The number of rotatable bonds is 3. The third-order valence-corrected chi connectivity index (χ3v) is 1.56. The second-order valence-electron chi connectivity index (χ2n) is 2.25. The van der Waals surface area contributed by atoms with Gasteiger partial charge in [-0.25, -0.2) is 4.79 Å². The molecule has 1 heterocycles. The van der Waals surface area contributed by atoms with Crippen molar-refractivity contribution in [3.05, 3.63) is 29.7 Å². The Morgan fingerprint density at radius 2 is 2.46 bits per heavy atom. The van der Waals surface area contributed by atoms with E-state index >= 15 is 0 Å². The minimum Gasteiger partial charge on any atom is -0.463 e. The summed E-state index contributed by atoms with van der Waals surface area (Å²) >= 11 is 5.43. The lowest BCUT2D eigenvalue weighted by atomic mass is 10.4. The molecule has 70 valence electrons. The predicted molar refractivity (Wildman–Crippen MR) is 49.8 cm³/mol. The van der Waals surface area contributed by atoms with E-state index in [9.17, 15) is 4.79 Å². The monoisotopic (exact) mass is 200 g/mol. The highest BCUT2D eigenvalue weighted by atomic mass is 35.5. The van der Waals surface area contributed by atoms with Gasteiger partial charge in [-0.3, -0.25) is 0 Å². The first-order valence-corrected chi connectivity index (χ1v) is 4.22. The molecular weight excluding hydrogens is 192 g/mol. The second-order valence-corrected chi connectivity index (χ2v) is 2.56. The highest BCUT2D eigenvalue weighted by Crippen LogP contribution is 2.10. The summed E-state index contributed by atoms with van der Waals surface area (Å²) in [5, 5.41) is 0. The fraction of sp³-hybridized carbons (Fsp3) is 0.222. The van der Waals surface area contributed by atoms with Gasteiger partial charge in [-0.1, -0.05) is 6.08 Å². The first kappa shape index (κ1) is 9.86. The van der Waals surface area contributed by atoms with Crippen molar-refractivity contribution in [3.63, 3.8) is 0 Å². The summed E-state index contributed by atoms with van der Waals surface area (Å²) in [6.45, 7) is 0. The van der Waals surface area contributed by atoms with Crippen LogP contribution in [0.1, 0.15) is 16.3 Å². The van der Waals surface area contributed by atoms with Crippen molar-refractivity contribution in [1.82, 2.24) is 0 Å². The molecule has 0 fully saturated rings. The van der Waals surface area contributed by atoms with Crippen molar-refractivity contribution < 1.29 is 13.9 Å². The summed E-state index contributed by atoms with van der Waals surface area (Å²) in [6.07, 6.45) is 3.42. The summed E-state index contributed by atoms with van der Waals surface area (Å²) in [6, 6.07) is 3.23. The standard InChI is InChI=1S/C9H9ClO3/c1-12-9(11)8-5-4-7(13-8)3-2-6-10/h2-5H,6H2,1H3. The van der Waals surface area contributed by atoms with Gasteiger partial charge in [0.15, 0.2) is 0 Å². The van der Waals surface area contributed by atoms with Gasteiger partial charge in [0.25, 0.3) is 0 Å². The maximum Gasteiger partial charge on any atom is 0.373 e. The summed E-state index contributed by atoms with van der Waals surface area (Å²) in [7, 11) is 1.30. The van der Waals surface area contributed by atoms with Crippen LogP contribution in [-0.2, 0) is 4.74 Å². The fourth-order valence-corrected chi connectivity index (χ4v) is 0.902. The molecule has 3 nitrogen and oxygen atoms in total. The van der Waals surface area contributed by atoms with Gasteiger partial charge < -0.3 is 9.15 Å². The van der Waals surface area contributed by atoms with Crippen LogP contribution < -0.4 is 0 Å². The lowest BCUT2D eigenvalue weighted by molar-refractivity contribution is 0.0564. The molecule has 1 aromatic heterocycles. The Labute approximate surface area is 80.9 Å². The van der Waals surface area contributed by atoms with Crippen LogP contribution in [-0.4, -0.2) is 19.0 Å². The van der Waals surface area contributed by atoms with E-state index in [0.717, 1.165) is 0 Å². The number of esters is 1. The van der Waals surface area contributed by atoms with E-state index in [1.807, 2.05) is 0 Å². The second kappa shape index (κ2) is 4.72. The molecule has 1 rings (SSSR count). The van der Waals surface area contributed by atoms with Crippen LogP contribution in [0.2, 0.25) is 0 Å². The van der Waals surface area contributed by atoms with E-state index in [0.29, 0.717) is 11.6 Å². The number of hydrogen-bond donors (Lipinski definition) is 0. The number of alkyl halides is 1. The molecule has 0 unspecified atom stereocenters. The molecule has 1 aromatic rings. The minimum absolute atomic E-state index is 0.191. The van der Waals surface area contributed by atoms with Gasteiger partial charge in [-0.05, 0) is 18.2 Å². The largest absolute Gasteiger partial charge is 0.463 e. The number of ether oxygens (including phenoxy) is 1. The number of allylic oxidation sites excluding steroid dienone is 1. The highest BCUT2D eigenvalue weighted by Gasteiger charge is 2.08. The first-order valence-electron chi connectivity index (χ1n) is 3.68. The third kappa shape index (κ3) is 2.63. The Balaban J connectivity index is 2.74. The number of methoxy groups -OCH3 is 1. The van der Waals surface area contributed by atoms with Gasteiger partial charge in [0.1, 0.15) is 5.76 Å². The van der Waals surface area contributed by atoms with Crippen molar-refractivity contribution in [2.45, 2.75) is 0 Å². The molecule has 0 spiro atoms. The predicted octanol–water partition coefficient (Wildman–Crippen LogP) is 2.32. The molecule has 0 atom stereocenters. The van der Waals surface area contributed by atoms with E-state index < -0.39 is 5.97 Å². The first-order chi connectivity index (χ1) is 6.27. The Morgan fingerprint density at radius 1 is 1.69 bits per heavy atom. The zero-order chi connectivity index (χ0) is 9.68. The van der Waals surface area contributed by atoms with Crippen molar-refractivity contribution in [2.24, 2.45) is 0 Å². The van der Waals surface area contributed by atoms with Crippen LogP contribution in [0, 0.1) is 0 Å². The number of furan rings is 1. The quantitative estimate of drug-likeness (QED) is 0.555. The van der Waals surface area contributed by atoms with E-state index in [2.05, 4.69) is 4.74 Å². The maximum atomic E-state index is 10.9. The van der Waals surface area contributed by atoms with Crippen LogP contribution in [0.5, 0.6) is 0 Å². The molecular formula is C9H9ClO3. The summed E-state index contributed by atoms with van der Waals surface area (Å²) < 4.78 is 9.59. The van der Waals surface area contributed by atoms with Crippen molar-refractivity contribution in [3.8, 4) is 0 Å². The van der Waals surface area contributed by atoms with Crippen LogP contribution in [0.4, 0.5) is 0 Å². The molecule has 13 heavy (non-hydrogen) atoms. The Morgan fingerprint density at radius 3 is 3.08 bits per heavy atom. The maximum absolute atomic E-state index is 10.9. The van der Waals surface area contributed by atoms with Crippen molar-refractivity contribution >= 4 is 23.6 Å². The lowest BCUT2D eigenvalue weighted by Gasteiger charge is -1.91. The molecule has 0 aliphatic heterocycles. The molecule has 0 saturated heterocycles. The van der Waals surface area contributed by atoms with Crippen molar-refractivity contribution in [2.75, 3.05) is 13.0 Å². The zero-order valence-electron chi connectivity index (χ0n) is 7.12. The summed E-state index contributed by atoms with van der Waals surface area (Å²) in [5.74, 6) is 0.706. The number of carbonyl (C=O) groups is 1. The SMILES string of the molecule is COC(=O)c1ccc(C=CCCl)o1. The molecule has 0 radical (unpaired) electrons. The van der Waals surface area contributed by atoms with Crippen LogP contribution in [0.25, 0.3) is 6.08 Å². The van der Waals surface area contributed by atoms with Crippen LogP contribution >= 0.6 is 11.6 Å². The molecule has 0 amide bonds. The molecule has 0 aliphatic rings. The molecule has 0 aromatic carbocycles. The van der Waals surface area contributed by atoms with E-state index in [1.54, 1.807) is 24.3 Å². The molecule has 4 heteroatoms. The zero-order valence-corrected chi connectivity index (χ0v) is 7.88. The van der Waals surface area contributed by atoms with Gasteiger partial charge in [-0.2, -0.15) is 0 Å². The molecule has 0 aliphatic carbocycles. The number of carbonyl (C=O) groups excluding carboxylic acids is 1. The summed E-state index contributed by atoms with van der Waals surface area (Å²) in [5.41, 5.74) is 0. The number of hydrogen-bond acceptors (Lipinski definition) is 3. The smallest absolute Gasteiger partial charge is 0.373 e. The van der Waals surface area contributed by atoms with Gasteiger partial charge in [-0.15, -0.1) is 11.6 Å². The molecule has 0 saturated carbocycles.